The molecule has 1 fully saturated rings. The third kappa shape index (κ3) is 2.62. The number of hydrogen-bond acceptors (Lipinski definition) is 5. The predicted octanol–water partition coefficient (Wildman–Crippen LogP) is 2.38. The fourth-order valence-corrected chi connectivity index (χ4v) is 3.52. The molecule has 6 heteroatoms. The molecule has 1 saturated carbocycles. The van der Waals surface area contributed by atoms with E-state index in [0.717, 1.165) is 28.1 Å². The number of benzene rings is 1. The van der Waals surface area contributed by atoms with Crippen LogP contribution in [0.4, 0.5) is 4.79 Å². The largest absolute Gasteiger partial charge is 0.442 e. The molecule has 1 aromatic heterocycles. The molecule has 1 heterocycles. The Bertz CT molecular complexity index is 634. The molecule has 1 aliphatic rings. The minimum atomic E-state index is -0.783. The number of nitrogens with two attached hydrogens (primary N) is 1. The number of aliphatic hydroxyl groups excluding tert-OH is 1. The lowest BCUT2D eigenvalue weighted by Gasteiger charge is -2.34. The maximum Gasteiger partial charge on any atom is 0.404 e. The highest BCUT2D eigenvalue weighted by atomic mass is 32.1. The number of primary amides is 1. The van der Waals surface area contributed by atoms with Gasteiger partial charge >= 0.3 is 6.09 Å². The third-order valence-corrected chi connectivity index (χ3v) is 4.75. The molecule has 1 aromatic carbocycles. The number of ether oxygens (including phenoxy) is 1. The standard InChI is InChI=1S/C14H16N2O3S/c15-14(18)19-7-13-16-11-2-1-9(5-12(11)20-13)10-3-8(4-10)6-17/h1-2,5,8,10,17H,3-4,6-7H2,(H2,15,18)/t8-,10+. The Kier molecular flexibility index (Phi) is 3.58. The molecule has 0 spiro atoms. The van der Waals surface area contributed by atoms with Crippen molar-refractivity contribution in [1.29, 1.82) is 0 Å². The molecule has 0 atom stereocenters. The van der Waals surface area contributed by atoms with E-state index in [9.17, 15) is 4.79 Å². The van der Waals surface area contributed by atoms with E-state index in [1.165, 1.54) is 16.9 Å². The van der Waals surface area contributed by atoms with Gasteiger partial charge < -0.3 is 15.6 Å². The van der Waals surface area contributed by atoms with Crippen molar-refractivity contribution in [2.45, 2.75) is 25.4 Å². The first-order valence-corrected chi connectivity index (χ1v) is 7.40. The van der Waals surface area contributed by atoms with E-state index in [4.69, 9.17) is 15.6 Å². The molecule has 2 aromatic rings. The number of hydrogen-bond donors (Lipinski definition) is 2. The Hall–Kier alpha value is -1.66. The number of thiazole rings is 1. The van der Waals surface area contributed by atoms with Crippen molar-refractivity contribution in [3.05, 3.63) is 28.8 Å². The number of carbonyl (C=O) groups excluding carboxylic acids is 1. The summed E-state index contributed by atoms with van der Waals surface area (Å²) in [5.74, 6) is 1.00. The van der Waals surface area contributed by atoms with Gasteiger partial charge in [0.25, 0.3) is 0 Å². The Morgan fingerprint density at radius 1 is 1.50 bits per heavy atom. The van der Waals surface area contributed by atoms with Crippen LogP contribution >= 0.6 is 11.3 Å². The Morgan fingerprint density at radius 3 is 3.00 bits per heavy atom. The second-order valence-electron chi connectivity index (χ2n) is 5.16. The molecular weight excluding hydrogens is 276 g/mol. The minimum absolute atomic E-state index is 0.125. The summed E-state index contributed by atoms with van der Waals surface area (Å²) in [5, 5.41) is 9.82. The SMILES string of the molecule is NC(=O)OCc1nc2ccc([C@H]3C[C@@H](CO)C3)cc2s1. The van der Waals surface area contributed by atoms with Gasteiger partial charge in [-0.25, -0.2) is 9.78 Å². The van der Waals surface area contributed by atoms with Crippen molar-refractivity contribution in [1.82, 2.24) is 4.98 Å². The van der Waals surface area contributed by atoms with E-state index >= 15 is 0 Å². The van der Waals surface area contributed by atoms with Crippen molar-refractivity contribution in [2.75, 3.05) is 6.61 Å². The Balaban J connectivity index is 1.76. The van der Waals surface area contributed by atoms with Crippen LogP contribution < -0.4 is 5.73 Å². The number of amides is 1. The lowest BCUT2D eigenvalue weighted by atomic mass is 9.72. The van der Waals surface area contributed by atoms with Crippen molar-refractivity contribution in [3.8, 4) is 0 Å². The molecular formula is C14H16N2O3S. The fraction of sp³-hybridized carbons (Fsp3) is 0.429. The summed E-state index contributed by atoms with van der Waals surface area (Å²) in [6.07, 6.45) is 1.33. The lowest BCUT2D eigenvalue weighted by molar-refractivity contribution is 0.142. The van der Waals surface area contributed by atoms with E-state index in [0.29, 0.717) is 11.8 Å². The van der Waals surface area contributed by atoms with Crippen LogP contribution in [-0.2, 0) is 11.3 Å². The van der Waals surface area contributed by atoms with Crippen LogP contribution in [0.5, 0.6) is 0 Å². The van der Waals surface area contributed by atoms with Crippen LogP contribution in [0.25, 0.3) is 10.2 Å². The summed E-state index contributed by atoms with van der Waals surface area (Å²) in [6, 6.07) is 6.25. The van der Waals surface area contributed by atoms with E-state index in [-0.39, 0.29) is 13.2 Å². The smallest absolute Gasteiger partial charge is 0.404 e. The normalized spacial score (nSPS) is 21.6. The summed E-state index contributed by atoms with van der Waals surface area (Å²) < 4.78 is 5.85. The molecule has 0 unspecified atom stereocenters. The van der Waals surface area contributed by atoms with Gasteiger partial charge in [-0.15, -0.1) is 11.3 Å². The van der Waals surface area contributed by atoms with E-state index in [1.807, 2.05) is 6.07 Å². The molecule has 20 heavy (non-hydrogen) atoms. The summed E-state index contributed by atoms with van der Waals surface area (Å²) in [4.78, 5) is 15.0. The molecule has 3 N–H and O–H groups in total. The summed E-state index contributed by atoms with van der Waals surface area (Å²) in [5.41, 5.74) is 7.16. The van der Waals surface area contributed by atoms with Crippen molar-refractivity contribution < 1.29 is 14.6 Å². The zero-order valence-electron chi connectivity index (χ0n) is 10.9. The second-order valence-corrected chi connectivity index (χ2v) is 6.27. The molecule has 5 nitrogen and oxygen atoms in total. The third-order valence-electron chi connectivity index (χ3n) is 3.76. The molecule has 0 bridgehead atoms. The van der Waals surface area contributed by atoms with Crippen LogP contribution in [0.15, 0.2) is 18.2 Å². The number of fused-ring (bicyclic) bond motifs is 1. The predicted molar refractivity (Wildman–Crippen MR) is 76.5 cm³/mol. The van der Waals surface area contributed by atoms with Crippen molar-refractivity contribution >= 4 is 27.6 Å². The lowest BCUT2D eigenvalue weighted by Crippen LogP contribution is -2.24. The van der Waals surface area contributed by atoms with Gasteiger partial charge in [-0.3, -0.25) is 0 Å². The van der Waals surface area contributed by atoms with Crippen molar-refractivity contribution in [3.63, 3.8) is 0 Å². The van der Waals surface area contributed by atoms with Gasteiger partial charge in [0.15, 0.2) is 0 Å². The zero-order chi connectivity index (χ0) is 14.1. The molecule has 0 saturated heterocycles. The summed E-state index contributed by atoms with van der Waals surface area (Å²) in [6.45, 7) is 0.411. The first-order valence-electron chi connectivity index (χ1n) is 6.58. The fourth-order valence-electron chi connectivity index (χ4n) is 2.59. The molecule has 106 valence electrons. The zero-order valence-corrected chi connectivity index (χ0v) is 11.7. The topological polar surface area (TPSA) is 85.4 Å². The van der Waals surface area contributed by atoms with Crippen LogP contribution in [0.1, 0.15) is 29.3 Å². The molecule has 1 amide bonds. The van der Waals surface area contributed by atoms with Crippen molar-refractivity contribution in [2.24, 2.45) is 11.7 Å². The average molecular weight is 292 g/mol. The van der Waals surface area contributed by atoms with Gasteiger partial charge in [-0.05, 0) is 42.4 Å². The van der Waals surface area contributed by atoms with E-state index in [1.54, 1.807) is 0 Å². The molecule has 3 rings (SSSR count). The first kappa shape index (κ1) is 13.3. The maximum atomic E-state index is 10.6. The maximum absolute atomic E-state index is 10.6. The Morgan fingerprint density at radius 2 is 2.30 bits per heavy atom. The molecule has 0 aliphatic heterocycles. The first-order chi connectivity index (χ1) is 9.65. The highest BCUT2D eigenvalue weighted by Crippen LogP contribution is 2.42. The number of aliphatic hydroxyl groups is 1. The van der Waals surface area contributed by atoms with E-state index in [2.05, 4.69) is 17.1 Å². The number of nitrogens with zero attached hydrogens (tertiary/aromatic N) is 1. The van der Waals surface area contributed by atoms with E-state index < -0.39 is 6.09 Å². The summed E-state index contributed by atoms with van der Waals surface area (Å²) >= 11 is 1.52. The summed E-state index contributed by atoms with van der Waals surface area (Å²) in [7, 11) is 0. The Labute approximate surface area is 120 Å². The number of carbonyl (C=O) groups is 1. The van der Waals surface area contributed by atoms with Gasteiger partial charge in [0, 0.05) is 6.61 Å². The van der Waals surface area contributed by atoms with Crippen LogP contribution in [-0.4, -0.2) is 22.8 Å². The minimum Gasteiger partial charge on any atom is -0.442 e. The van der Waals surface area contributed by atoms with Gasteiger partial charge in [0.1, 0.15) is 11.6 Å². The van der Waals surface area contributed by atoms with Crippen LogP contribution in [0.3, 0.4) is 0 Å². The highest BCUT2D eigenvalue weighted by Gasteiger charge is 2.29. The average Bonchev–Trinajstić information content (AvgIpc) is 2.77. The number of rotatable bonds is 4. The number of aromatic nitrogens is 1. The van der Waals surface area contributed by atoms with Gasteiger partial charge in [-0.2, -0.15) is 0 Å². The van der Waals surface area contributed by atoms with Gasteiger partial charge in [-0.1, -0.05) is 6.07 Å². The van der Waals surface area contributed by atoms with Crippen LogP contribution in [0.2, 0.25) is 0 Å². The highest BCUT2D eigenvalue weighted by molar-refractivity contribution is 7.18. The quantitative estimate of drug-likeness (QED) is 0.906. The molecule has 1 aliphatic carbocycles. The molecule has 0 radical (unpaired) electrons. The monoisotopic (exact) mass is 292 g/mol. The second kappa shape index (κ2) is 5.38. The van der Waals surface area contributed by atoms with Crippen LogP contribution in [0, 0.1) is 5.92 Å². The van der Waals surface area contributed by atoms with Gasteiger partial charge in [0.2, 0.25) is 0 Å². The van der Waals surface area contributed by atoms with Gasteiger partial charge in [0.05, 0.1) is 10.2 Å².